The normalized spacial score (nSPS) is 10.5. The van der Waals surface area contributed by atoms with Crippen LogP contribution in [0.25, 0.3) is 0 Å². The van der Waals surface area contributed by atoms with Crippen molar-refractivity contribution in [3.63, 3.8) is 0 Å². The zero-order valence-electron chi connectivity index (χ0n) is 12.0. The summed E-state index contributed by atoms with van der Waals surface area (Å²) in [5.41, 5.74) is 0.398. The molecule has 21 heavy (non-hydrogen) atoms. The molecule has 0 aliphatic heterocycles. The fraction of sp³-hybridized carbons (Fsp3) is 0.286. The molecule has 0 spiro atoms. The van der Waals surface area contributed by atoms with Gasteiger partial charge in [-0.2, -0.15) is 0 Å². The second-order valence-electron chi connectivity index (χ2n) is 4.58. The molecule has 6 nitrogen and oxygen atoms in total. The third kappa shape index (κ3) is 2.96. The minimum absolute atomic E-state index is 0.123. The van der Waals surface area contributed by atoms with Crippen molar-refractivity contribution in [2.24, 2.45) is 14.1 Å². The van der Waals surface area contributed by atoms with Crippen LogP contribution < -0.4 is 21.3 Å². The third-order valence-corrected chi connectivity index (χ3v) is 3.25. The molecule has 0 aliphatic carbocycles. The zero-order chi connectivity index (χ0) is 15.6. The Morgan fingerprint density at radius 1 is 1.19 bits per heavy atom. The first-order valence-electron chi connectivity index (χ1n) is 6.27. The molecule has 0 amide bonds. The molecular formula is C14H16FN3O3. The van der Waals surface area contributed by atoms with Gasteiger partial charge in [-0.25, -0.2) is 9.18 Å². The SMILES string of the molecule is COc1cc(NCc2cc(=O)n(C)c(=O)n2C)ccc1F. The molecule has 0 aliphatic rings. The van der Waals surface area contributed by atoms with Crippen LogP contribution in [0.15, 0.2) is 33.9 Å². The molecule has 7 heteroatoms. The van der Waals surface area contributed by atoms with Crippen molar-refractivity contribution in [1.29, 1.82) is 0 Å². The van der Waals surface area contributed by atoms with Gasteiger partial charge >= 0.3 is 5.69 Å². The predicted molar refractivity (Wildman–Crippen MR) is 77.2 cm³/mol. The second-order valence-corrected chi connectivity index (χ2v) is 4.58. The summed E-state index contributed by atoms with van der Waals surface area (Å²) < 4.78 is 20.6. The van der Waals surface area contributed by atoms with E-state index in [2.05, 4.69) is 5.32 Å². The summed E-state index contributed by atoms with van der Waals surface area (Å²) in [4.78, 5) is 23.4. The van der Waals surface area contributed by atoms with E-state index in [0.29, 0.717) is 11.4 Å². The van der Waals surface area contributed by atoms with Crippen molar-refractivity contribution >= 4 is 5.69 Å². The number of hydrogen-bond acceptors (Lipinski definition) is 4. The van der Waals surface area contributed by atoms with E-state index in [-0.39, 0.29) is 17.9 Å². The van der Waals surface area contributed by atoms with E-state index < -0.39 is 11.5 Å². The van der Waals surface area contributed by atoms with Gasteiger partial charge in [0.05, 0.1) is 13.7 Å². The van der Waals surface area contributed by atoms with Crippen LogP contribution in [0.1, 0.15) is 5.69 Å². The number of rotatable bonds is 4. The van der Waals surface area contributed by atoms with Gasteiger partial charge in [0.1, 0.15) is 0 Å². The van der Waals surface area contributed by atoms with Crippen LogP contribution in [0.3, 0.4) is 0 Å². The maximum Gasteiger partial charge on any atom is 0.330 e. The lowest BCUT2D eigenvalue weighted by Crippen LogP contribution is -2.38. The number of halogens is 1. The summed E-state index contributed by atoms with van der Waals surface area (Å²) >= 11 is 0. The molecule has 1 aromatic carbocycles. The Bertz CT molecular complexity index is 780. The molecule has 0 unspecified atom stereocenters. The first kappa shape index (κ1) is 14.8. The van der Waals surface area contributed by atoms with E-state index in [1.807, 2.05) is 0 Å². The Morgan fingerprint density at radius 2 is 1.90 bits per heavy atom. The first-order valence-corrected chi connectivity index (χ1v) is 6.27. The standard InChI is InChI=1S/C14H16FN3O3/c1-17-10(7-13(19)18(2)14(17)20)8-16-9-4-5-11(15)12(6-9)21-3/h4-7,16H,8H2,1-3H3. The van der Waals surface area contributed by atoms with Crippen LogP contribution in [-0.4, -0.2) is 16.2 Å². The molecule has 2 aromatic rings. The van der Waals surface area contributed by atoms with Crippen LogP contribution >= 0.6 is 0 Å². The van der Waals surface area contributed by atoms with Crippen LogP contribution in [-0.2, 0) is 20.6 Å². The molecule has 0 fully saturated rings. The summed E-state index contributed by atoms with van der Waals surface area (Å²) in [6, 6.07) is 5.73. The van der Waals surface area contributed by atoms with E-state index in [4.69, 9.17) is 4.74 Å². The monoisotopic (exact) mass is 293 g/mol. The van der Waals surface area contributed by atoms with Crippen molar-refractivity contribution in [1.82, 2.24) is 9.13 Å². The lowest BCUT2D eigenvalue weighted by atomic mass is 10.2. The molecule has 2 rings (SSSR count). The Kier molecular flexibility index (Phi) is 4.11. The third-order valence-electron chi connectivity index (χ3n) is 3.25. The maximum absolute atomic E-state index is 13.3. The minimum atomic E-state index is -0.455. The fourth-order valence-corrected chi connectivity index (χ4v) is 1.91. The molecule has 0 atom stereocenters. The summed E-state index contributed by atoms with van der Waals surface area (Å²) in [5.74, 6) is -0.332. The quantitative estimate of drug-likeness (QED) is 0.907. The predicted octanol–water partition coefficient (Wildman–Crippen LogP) is 0.844. The summed E-state index contributed by atoms with van der Waals surface area (Å²) in [6.45, 7) is 0.261. The van der Waals surface area contributed by atoms with Gasteiger partial charge in [0.25, 0.3) is 5.56 Å². The van der Waals surface area contributed by atoms with Crippen LogP contribution in [0.5, 0.6) is 5.75 Å². The van der Waals surface area contributed by atoms with Crippen LogP contribution in [0.4, 0.5) is 10.1 Å². The van der Waals surface area contributed by atoms with Crippen molar-refractivity contribution in [3.8, 4) is 5.75 Å². The van der Waals surface area contributed by atoms with Crippen LogP contribution in [0.2, 0.25) is 0 Å². The fourth-order valence-electron chi connectivity index (χ4n) is 1.91. The molecule has 112 valence electrons. The van der Waals surface area contributed by atoms with Gasteiger partial charge in [-0.15, -0.1) is 0 Å². The number of aromatic nitrogens is 2. The molecule has 1 aromatic heterocycles. The Balaban J connectivity index is 2.25. The van der Waals surface area contributed by atoms with Crippen LogP contribution in [0, 0.1) is 5.82 Å². The average Bonchev–Trinajstić information content (AvgIpc) is 2.48. The van der Waals surface area contributed by atoms with Crippen molar-refractivity contribution in [2.75, 3.05) is 12.4 Å². The van der Waals surface area contributed by atoms with E-state index in [1.165, 1.54) is 36.9 Å². The smallest absolute Gasteiger partial charge is 0.330 e. The van der Waals surface area contributed by atoms with Gasteiger partial charge < -0.3 is 10.1 Å². The lowest BCUT2D eigenvalue weighted by molar-refractivity contribution is 0.387. The van der Waals surface area contributed by atoms with Crippen molar-refractivity contribution in [2.45, 2.75) is 6.54 Å². The molecule has 0 saturated carbocycles. The highest BCUT2D eigenvalue weighted by Gasteiger charge is 2.07. The Hall–Kier alpha value is -2.57. The number of hydrogen-bond donors (Lipinski definition) is 1. The molecule has 0 bridgehead atoms. The highest BCUT2D eigenvalue weighted by molar-refractivity contribution is 5.48. The van der Waals surface area contributed by atoms with Gasteiger partial charge in [-0.05, 0) is 12.1 Å². The summed E-state index contributed by atoms with van der Waals surface area (Å²) in [5, 5.41) is 3.02. The minimum Gasteiger partial charge on any atom is -0.494 e. The maximum atomic E-state index is 13.3. The number of ether oxygens (including phenoxy) is 1. The topological polar surface area (TPSA) is 65.3 Å². The number of benzene rings is 1. The summed E-state index contributed by atoms with van der Waals surface area (Å²) in [6.07, 6.45) is 0. The molecule has 1 N–H and O–H groups in total. The van der Waals surface area contributed by atoms with Gasteiger partial charge in [-0.1, -0.05) is 0 Å². The number of nitrogens with one attached hydrogen (secondary N) is 1. The van der Waals surface area contributed by atoms with E-state index in [1.54, 1.807) is 13.1 Å². The molecule has 0 saturated heterocycles. The van der Waals surface area contributed by atoms with E-state index in [0.717, 1.165) is 4.57 Å². The highest BCUT2D eigenvalue weighted by Crippen LogP contribution is 2.21. The van der Waals surface area contributed by atoms with Gasteiger partial charge in [-0.3, -0.25) is 13.9 Å². The van der Waals surface area contributed by atoms with E-state index >= 15 is 0 Å². The van der Waals surface area contributed by atoms with Gasteiger partial charge in [0.15, 0.2) is 11.6 Å². The lowest BCUT2D eigenvalue weighted by Gasteiger charge is -2.12. The summed E-state index contributed by atoms with van der Waals surface area (Å²) in [7, 11) is 4.39. The van der Waals surface area contributed by atoms with Gasteiger partial charge in [0, 0.05) is 37.6 Å². The number of anilines is 1. The second kappa shape index (κ2) is 5.82. The van der Waals surface area contributed by atoms with E-state index in [9.17, 15) is 14.0 Å². The molecule has 0 radical (unpaired) electrons. The Morgan fingerprint density at radius 3 is 2.57 bits per heavy atom. The highest BCUT2D eigenvalue weighted by atomic mass is 19.1. The first-order chi connectivity index (χ1) is 9.93. The number of methoxy groups -OCH3 is 1. The van der Waals surface area contributed by atoms with Crippen molar-refractivity contribution in [3.05, 3.63) is 56.6 Å². The molecular weight excluding hydrogens is 277 g/mol. The zero-order valence-corrected chi connectivity index (χ0v) is 12.0. The number of nitrogens with zero attached hydrogens (tertiary/aromatic N) is 2. The van der Waals surface area contributed by atoms with Gasteiger partial charge in [0.2, 0.25) is 0 Å². The van der Waals surface area contributed by atoms with Crippen molar-refractivity contribution < 1.29 is 9.13 Å². The largest absolute Gasteiger partial charge is 0.494 e. The average molecular weight is 293 g/mol. The Labute approximate surface area is 120 Å². The molecule has 1 heterocycles.